The molecule has 4 rings (SSSR count). The van der Waals surface area contributed by atoms with E-state index < -0.39 is 0 Å². The molecule has 0 unspecified atom stereocenters. The van der Waals surface area contributed by atoms with Gasteiger partial charge in [0, 0.05) is 24.9 Å². The van der Waals surface area contributed by atoms with Crippen molar-refractivity contribution in [3.63, 3.8) is 0 Å². The van der Waals surface area contributed by atoms with Crippen molar-refractivity contribution in [2.45, 2.75) is 63.6 Å². The van der Waals surface area contributed by atoms with Crippen LogP contribution in [0.4, 0.5) is 10.7 Å². The summed E-state index contributed by atoms with van der Waals surface area (Å²) in [6.07, 6.45) is 10.1. The number of ether oxygens (including phenoxy) is 1. The number of hydrogen-bond donors (Lipinski definition) is 2. The van der Waals surface area contributed by atoms with Crippen LogP contribution in [0.2, 0.25) is 0 Å². The van der Waals surface area contributed by atoms with Crippen LogP contribution < -0.4 is 10.6 Å². The lowest BCUT2D eigenvalue weighted by Crippen LogP contribution is -2.39. The van der Waals surface area contributed by atoms with Crippen LogP contribution in [0, 0.1) is 6.92 Å². The normalized spacial score (nSPS) is 23.5. The number of aromatic nitrogens is 5. The van der Waals surface area contributed by atoms with E-state index >= 15 is 0 Å². The summed E-state index contributed by atoms with van der Waals surface area (Å²) in [4.78, 5) is 16.7. The molecular formula is C18H27N7O2. The van der Waals surface area contributed by atoms with Gasteiger partial charge in [-0.2, -0.15) is 5.10 Å². The minimum atomic E-state index is -0.307. The fraction of sp³-hybridized carbons (Fsp3) is 0.667. The Morgan fingerprint density at radius 2 is 2.07 bits per heavy atom. The Hall–Kier alpha value is -2.42. The van der Waals surface area contributed by atoms with Crippen molar-refractivity contribution in [3.8, 4) is 0 Å². The SMILES string of the molecule is Cc1c([C@H]2OCC[C@@H]2NC(=O)Nc2ncn(C3CCCCC3)n2)cnn1C. The summed E-state index contributed by atoms with van der Waals surface area (Å²) in [6, 6.07) is -0.0159. The van der Waals surface area contributed by atoms with Crippen LogP contribution in [0.25, 0.3) is 0 Å². The molecule has 2 aromatic rings. The van der Waals surface area contributed by atoms with Gasteiger partial charge in [0.1, 0.15) is 12.4 Å². The summed E-state index contributed by atoms with van der Waals surface area (Å²) in [7, 11) is 1.90. The summed E-state index contributed by atoms with van der Waals surface area (Å²) in [6.45, 7) is 2.61. The van der Waals surface area contributed by atoms with Crippen LogP contribution >= 0.6 is 0 Å². The number of nitrogens with zero attached hydrogens (tertiary/aromatic N) is 5. The van der Waals surface area contributed by atoms with Crippen LogP contribution in [0.1, 0.15) is 61.9 Å². The molecule has 1 saturated heterocycles. The average Bonchev–Trinajstić information content (AvgIpc) is 3.38. The zero-order valence-electron chi connectivity index (χ0n) is 15.9. The quantitative estimate of drug-likeness (QED) is 0.858. The van der Waals surface area contributed by atoms with Crippen LogP contribution in [-0.4, -0.2) is 43.2 Å². The summed E-state index contributed by atoms with van der Waals surface area (Å²) < 4.78 is 9.55. The third kappa shape index (κ3) is 3.83. The fourth-order valence-corrected chi connectivity index (χ4v) is 4.00. The number of aryl methyl sites for hydroxylation is 1. The molecule has 146 valence electrons. The van der Waals surface area contributed by atoms with Gasteiger partial charge in [0.05, 0.1) is 18.3 Å². The van der Waals surface area contributed by atoms with Gasteiger partial charge in [0.2, 0.25) is 5.95 Å². The first-order valence-corrected chi connectivity index (χ1v) is 9.70. The Kier molecular flexibility index (Phi) is 5.11. The second-order valence-electron chi connectivity index (χ2n) is 7.43. The smallest absolute Gasteiger partial charge is 0.321 e. The van der Waals surface area contributed by atoms with Crippen molar-refractivity contribution >= 4 is 12.0 Å². The van der Waals surface area contributed by atoms with Gasteiger partial charge in [0.15, 0.2) is 0 Å². The number of carbonyl (C=O) groups is 1. The molecule has 1 saturated carbocycles. The van der Waals surface area contributed by atoms with Gasteiger partial charge in [-0.3, -0.25) is 10.00 Å². The van der Waals surface area contributed by atoms with E-state index in [1.54, 1.807) is 6.33 Å². The van der Waals surface area contributed by atoms with E-state index in [4.69, 9.17) is 4.74 Å². The Balaban J connectivity index is 1.36. The standard InChI is InChI=1S/C18H27N7O2/c1-12-14(10-20-24(12)2)16-15(8-9-27-16)21-18(26)22-17-19-11-25(23-17)13-6-4-3-5-7-13/h10-11,13,15-16H,3-9H2,1-2H3,(H2,21,22,23,26)/t15-,16+/m0/s1. The van der Waals surface area contributed by atoms with Crippen molar-refractivity contribution in [3.05, 3.63) is 23.8 Å². The largest absolute Gasteiger partial charge is 0.371 e. The minimum absolute atomic E-state index is 0.103. The molecule has 0 bridgehead atoms. The van der Waals surface area contributed by atoms with E-state index in [9.17, 15) is 4.79 Å². The van der Waals surface area contributed by atoms with Gasteiger partial charge in [-0.15, -0.1) is 5.10 Å². The molecule has 0 spiro atoms. The lowest BCUT2D eigenvalue weighted by atomic mass is 9.96. The minimum Gasteiger partial charge on any atom is -0.371 e. The van der Waals surface area contributed by atoms with Gasteiger partial charge < -0.3 is 10.1 Å². The lowest BCUT2D eigenvalue weighted by molar-refractivity contribution is 0.0998. The van der Waals surface area contributed by atoms with Gasteiger partial charge in [-0.1, -0.05) is 19.3 Å². The van der Waals surface area contributed by atoms with Crippen LogP contribution in [-0.2, 0) is 11.8 Å². The van der Waals surface area contributed by atoms with Gasteiger partial charge in [-0.05, 0) is 26.2 Å². The maximum absolute atomic E-state index is 12.4. The average molecular weight is 373 g/mol. The van der Waals surface area contributed by atoms with E-state index in [2.05, 4.69) is 25.8 Å². The van der Waals surface area contributed by atoms with Gasteiger partial charge >= 0.3 is 6.03 Å². The van der Waals surface area contributed by atoms with Crippen LogP contribution in [0.15, 0.2) is 12.5 Å². The second-order valence-corrected chi connectivity index (χ2v) is 7.43. The topological polar surface area (TPSA) is 98.9 Å². The summed E-state index contributed by atoms with van der Waals surface area (Å²) >= 11 is 0. The molecule has 2 aromatic heterocycles. The molecular weight excluding hydrogens is 346 g/mol. The molecule has 27 heavy (non-hydrogen) atoms. The molecule has 2 amide bonds. The highest BCUT2D eigenvalue weighted by Gasteiger charge is 2.33. The van der Waals surface area contributed by atoms with Gasteiger partial charge in [-0.25, -0.2) is 14.5 Å². The van der Waals surface area contributed by atoms with Crippen LogP contribution in [0.5, 0.6) is 0 Å². The number of carbonyl (C=O) groups excluding carboxylic acids is 1. The number of anilines is 1. The van der Waals surface area contributed by atoms with E-state index in [0.717, 1.165) is 30.5 Å². The first kappa shape index (κ1) is 18.0. The third-order valence-corrected chi connectivity index (χ3v) is 5.67. The van der Waals surface area contributed by atoms with Gasteiger partial charge in [0.25, 0.3) is 0 Å². The second kappa shape index (κ2) is 7.67. The molecule has 2 aliphatic rings. The van der Waals surface area contributed by atoms with E-state index in [-0.39, 0.29) is 18.2 Å². The number of nitrogens with one attached hydrogen (secondary N) is 2. The van der Waals surface area contributed by atoms with Crippen LogP contribution in [0.3, 0.4) is 0 Å². The molecule has 2 atom stereocenters. The van der Waals surface area contributed by atoms with Crippen molar-refractivity contribution in [1.29, 1.82) is 0 Å². The first-order chi connectivity index (χ1) is 13.1. The molecule has 9 nitrogen and oxygen atoms in total. The predicted octanol–water partition coefficient (Wildman–Crippen LogP) is 2.48. The Bertz CT molecular complexity index is 793. The number of hydrogen-bond acceptors (Lipinski definition) is 5. The molecule has 2 N–H and O–H groups in total. The molecule has 0 aromatic carbocycles. The monoisotopic (exact) mass is 373 g/mol. The molecule has 0 radical (unpaired) electrons. The Morgan fingerprint density at radius 3 is 2.81 bits per heavy atom. The van der Waals surface area contributed by atoms with E-state index in [1.807, 2.05) is 29.5 Å². The maximum atomic E-state index is 12.4. The molecule has 1 aliphatic heterocycles. The number of rotatable bonds is 4. The van der Waals surface area contributed by atoms with Crippen molar-refractivity contribution in [2.24, 2.45) is 7.05 Å². The maximum Gasteiger partial charge on any atom is 0.321 e. The third-order valence-electron chi connectivity index (χ3n) is 5.67. The first-order valence-electron chi connectivity index (χ1n) is 9.70. The highest BCUT2D eigenvalue weighted by atomic mass is 16.5. The Morgan fingerprint density at radius 1 is 1.26 bits per heavy atom. The molecule has 3 heterocycles. The van der Waals surface area contributed by atoms with Crippen molar-refractivity contribution in [2.75, 3.05) is 11.9 Å². The van der Waals surface area contributed by atoms with E-state index in [1.165, 1.54) is 19.3 Å². The fourth-order valence-electron chi connectivity index (χ4n) is 4.00. The molecule has 9 heteroatoms. The Labute approximate surface area is 158 Å². The zero-order valence-corrected chi connectivity index (χ0v) is 15.9. The van der Waals surface area contributed by atoms with Crippen molar-refractivity contribution in [1.82, 2.24) is 29.9 Å². The lowest BCUT2D eigenvalue weighted by Gasteiger charge is -2.21. The summed E-state index contributed by atoms with van der Waals surface area (Å²) in [5.74, 6) is 0.339. The predicted molar refractivity (Wildman–Crippen MR) is 99.3 cm³/mol. The molecule has 1 aliphatic carbocycles. The number of urea groups is 1. The zero-order chi connectivity index (χ0) is 18.8. The number of amides is 2. The summed E-state index contributed by atoms with van der Waals surface area (Å²) in [5, 5.41) is 14.5. The van der Waals surface area contributed by atoms with E-state index in [0.29, 0.717) is 18.6 Å². The summed E-state index contributed by atoms with van der Waals surface area (Å²) in [5.41, 5.74) is 2.06. The highest BCUT2D eigenvalue weighted by molar-refractivity contribution is 5.87. The molecule has 2 fully saturated rings. The van der Waals surface area contributed by atoms with Crippen molar-refractivity contribution < 1.29 is 9.53 Å². The highest BCUT2D eigenvalue weighted by Crippen LogP contribution is 2.31.